The number of aliphatic hydroxyl groups excluding tert-OH is 1. The molecule has 0 bridgehead atoms. The van der Waals surface area contributed by atoms with E-state index in [1.54, 1.807) is 55.9 Å². The molecule has 1 aliphatic rings. The second-order valence-corrected chi connectivity index (χ2v) is 7.82. The van der Waals surface area contributed by atoms with Crippen molar-refractivity contribution in [3.63, 3.8) is 0 Å². The number of benzene rings is 2. The average Bonchev–Trinajstić information content (AvgIpc) is 3.10. The third-order valence-electron chi connectivity index (χ3n) is 5.48. The first-order chi connectivity index (χ1) is 15.9. The first kappa shape index (κ1) is 22.4. The number of ether oxygens (including phenoxy) is 2. The van der Waals surface area contributed by atoms with Crippen LogP contribution in [0.4, 0.5) is 0 Å². The van der Waals surface area contributed by atoms with Gasteiger partial charge in [-0.1, -0.05) is 29.8 Å². The molecule has 2 heterocycles. The van der Waals surface area contributed by atoms with Gasteiger partial charge in [-0.15, -0.1) is 0 Å². The van der Waals surface area contributed by atoms with Crippen LogP contribution in [-0.2, 0) is 16.1 Å². The van der Waals surface area contributed by atoms with E-state index in [4.69, 9.17) is 21.1 Å². The minimum atomic E-state index is -0.817. The molecule has 8 heteroatoms. The monoisotopic (exact) mass is 464 g/mol. The van der Waals surface area contributed by atoms with Crippen LogP contribution in [0.3, 0.4) is 0 Å². The van der Waals surface area contributed by atoms with Crippen LogP contribution in [-0.4, -0.2) is 40.9 Å². The SMILES string of the molecule is COc1ccc(CN2C(=O)C(=O)/C(=C(\O)c3ccc(Cl)c(OC)c3)C2c2cccnc2)cc1. The predicted molar refractivity (Wildman–Crippen MR) is 123 cm³/mol. The van der Waals surface area contributed by atoms with Gasteiger partial charge in [-0.3, -0.25) is 14.6 Å². The minimum Gasteiger partial charge on any atom is -0.507 e. The van der Waals surface area contributed by atoms with Gasteiger partial charge in [0.2, 0.25) is 0 Å². The van der Waals surface area contributed by atoms with Gasteiger partial charge in [0.05, 0.1) is 30.9 Å². The Balaban J connectivity index is 1.82. The maximum absolute atomic E-state index is 13.1. The molecule has 1 unspecified atom stereocenters. The summed E-state index contributed by atoms with van der Waals surface area (Å²) in [6.07, 6.45) is 3.18. The van der Waals surface area contributed by atoms with Crippen molar-refractivity contribution in [2.24, 2.45) is 0 Å². The largest absolute Gasteiger partial charge is 0.507 e. The fourth-order valence-electron chi connectivity index (χ4n) is 3.82. The molecule has 1 aromatic heterocycles. The van der Waals surface area contributed by atoms with Crippen LogP contribution in [0.5, 0.6) is 11.5 Å². The molecule has 0 radical (unpaired) electrons. The number of carbonyl (C=O) groups excluding carboxylic acids is 2. The fraction of sp³-hybridized carbons (Fsp3) is 0.160. The highest BCUT2D eigenvalue weighted by atomic mass is 35.5. The van der Waals surface area contributed by atoms with E-state index >= 15 is 0 Å². The van der Waals surface area contributed by atoms with Crippen LogP contribution in [0.15, 0.2) is 72.6 Å². The molecule has 0 saturated carbocycles. The number of halogens is 1. The van der Waals surface area contributed by atoms with E-state index in [-0.39, 0.29) is 17.9 Å². The van der Waals surface area contributed by atoms with Gasteiger partial charge in [0.25, 0.3) is 11.7 Å². The number of amides is 1. The Bertz CT molecular complexity index is 1230. The van der Waals surface area contributed by atoms with Gasteiger partial charge in [-0.25, -0.2) is 0 Å². The number of aliphatic hydroxyl groups is 1. The van der Waals surface area contributed by atoms with Gasteiger partial charge >= 0.3 is 0 Å². The summed E-state index contributed by atoms with van der Waals surface area (Å²) in [5.41, 5.74) is 1.70. The molecule has 0 aliphatic carbocycles. The highest BCUT2D eigenvalue weighted by molar-refractivity contribution is 6.46. The van der Waals surface area contributed by atoms with E-state index in [9.17, 15) is 14.7 Å². The summed E-state index contributed by atoms with van der Waals surface area (Å²) in [5.74, 6) is -0.771. The van der Waals surface area contributed by atoms with Crippen LogP contribution in [0.1, 0.15) is 22.7 Å². The Morgan fingerprint density at radius 3 is 2.48 bits per heavy atom. The summed E-state index contributed by atoms with van der Waals surface area (Å²) < 4.78 is 10.4. The molecule has 7 nitrogen and oxygen atoms in total. The van der Waals surface area contributed by atoms with Crippen molar-refractivity contribution in [3.8, 4) is 11.5 Å². The zero-order valence-corrected chi connectivity index (χ0v) is 18.7. The number of rotatable bonds is 6. The van der Waals surface area contributed by atoms with Crippen LogP contribution >= 0.6 is 11.6 Å². The summed E-state index contributed by atoms with van der Waals surface area (Å²) in [4.78, 5) is 31.8. The van der Waals surface area contributed by atoms with Crippen molar-refractivity contribution >= 4 is 29.1 Å². The molecule has 1 N–H and O–H groups in total. The zero-order valence-electron chi connectivity index (χ0n) is 18.0. The number of hydrogen-bond donors (Lipinski definition) is 1. The lowest BCUT2D eigenvalue weighted by molar-refractivity contribution is -0.140. The van der Waals surface area contributed by atoms with Gasteiger partial charge < -0.3 is 19.5 Å². The predicted octanol–water partition coefficient (Wildman–Crippen LogP) is 4.37. The minimum absolute atomic E-state index is 0.0223. The van der Waals surface area contributed by atoms with E-state index in [0.29, 0.717) is 27.6 Å². The zero-order chi connectivity index (χ0) is 23.5. The molecule has 2 aromatic carbocycles. The maximum atomic E-state index is 13.1. The highest BCUT2D eigenvalue weighted by Crippen LogP contribution is 2.41. The lowest BCUT2D eigenvalue weighted by Gasteiger charge is -2.25. The number of likely N-dealkylation sites (tertiary alicyclic amines) is 1. The third-order valence-corrected chi connectivity index (χ3v) is 5.79. The second-order valence-electron chi connectivity index (χ2n) is 7.41. The van der Waals surface area contributed by atoms with E-state index in [1.807, 2.05) is 12.1 Å². The van der Waals surface area contributed by atoms with Crippen molar-refractivity contribution in [3.05, 3.63) is 94.3 Å². The lowest BCUT2D eigenvalue weighted by Crippen LogP contribution is -2.29. The topological polar surface area (TPSA) is 89.0 Å². The molecule has 33 heavy (non-hydrogen) atoms. The number of methoxy groups -OCH3 is 2. The smallest absolute Gasteiger partial charge is 0.295 e. The van der Waals surface area contributed by atoms with Crippen molar-refractivity contribution in [1.29, 1.82) is 0 Å². The highest BCUT2D eigenvalue weighted by Gasteiger charge is 2.46. The summed E-state index contributed by atoms with van der Waals surface area (Å²) in [6.45, 7) is 0.162. The first-order valence-electron chi connectivity index (χ1n) is 10.1. The normalized spacial score (nSPS) is 17.3. The van der Waals surface area contributed by atoms with E-state index in [0.717, 1.165) is 5.56 Å². The molecule has 1 atom stereocenters. The number of Topliss-reactive ketones (excluding diaryl/α,β-unsaturated/α-hetero) is 1. The fourth-order valence-corrected chi connectivity index (χ4v) is 4.01. The summed E-state index contributed by atoms with van der Waals surface area (Å²) in [7, 11) is 3.02. The van der Waals surface area contributed by atoms with E-state index in [2.05, 4.69) is 4.98 Å². The van der Waals surface area contributed by atoms with Crippen LogP contribution < -0.4 is 9.47 Å². The van der Waals surface area contributed by atoms with Crippen molar-refractivity contribution in [2.75, 3.05) is 14.2 Å². The first-order valence-corrected chi connectivity index (χ1v) is 10.5. The van der Waals surface area contributed by atoms with E-state index < -0.39 is 17.7 Å². The van der Waals surface area contributed by atoms with Crippen LogP contribution in [0.2, 0.25) is 5.02 Å². The van der Waals surface area contributed by atoms with E-state index in [1.165, 1.54) is 18.1 Å². The Morgan fingerprint density at radius 2 is 1.85 bits per heavy atom. The molecule has 1 aliphatic heterocycles. The summed E-state index contributed by atoms with van der Waals surface area (Å²) in [6, 6.07) is 14.5. The molecule has 1 saturated heterocycles. The van der Waals surface area contributed by atoms with Crippen molar-refractivity contribution in [1.82, 2.24) is 9.88 Å². The lowest BCUT2D eigenvalue weighted by atomic mass is 9.96. The van der Waals surface area contributed by atoms with Gasteiger partial charge in [0, 0.05) is 24.5 Å². The Kier molecular flexibility index (Phi) is 6.33. The number of pyridine rings is 1. The molecule has 0 spiro atoms. The van der Waals surface area contributed by atoms with Gasteiger partial charge in [-0.2, -0.15) is 0 Å². The van der Waals surface area contributed by atoms with Crippen LogP contribution in [0.25, 0.3) is 5.76 Å². The molecular weight excluding hydrogens is 444 g/mol. The Morgan fingerprint density at radius 1 is 1.09 bits per heavy atom. The second kappa shape index (κ2) is 9.34. The quantitative estimate of drug-likeness (QED) is 0.331. The number of hydrogen-bond acceptors (Lipinski definition) is 6. The van der Waals surface area contributed by atoms with Crippen molar-refractivity contribution < 1.29 is 24.2 Å². The van der Waals surface area contributed by atoms with Crippen LogP contribution in [0, 0.1) is 0 Å². The standard InChI is InChI=1S/C25H21ClN2O5/c1-32-18-8-5-15(6-9-18)14-28-22(17-4-3-11-27-13-17)21(24(30)25(28)31)23(29)16-7-10-19(26)20(12-16)33-2/h3-13,22,29H,14H2,1-2H3/b23-21-. The molecule has 4 rings (SSSR count). The number of aromatic nitrogens is 1. The van der Waals surface area contributed by atoms with Gasteiger partial charge in [-0.05, 0) is 47.5 Å². The van der Waals surface area contributed by atoms with Gasteiger partial charge in [0.15, 0.2) is 0 Å². The number of carbonyl (C=O) groups is 2. The Labute approximate surface area is 195 Å². The van der Waals surface area contributed by atoms with Crippen molar-refractivity contribution in [2.45, 2.75) is 12.6 Å². The summed E-state index contributed by atoms with van der Waals surface area (Å²) in [5, 5.41) is 11.5. The molecule has 1 fully saturated rings. The number of nitrogens with zero attached hydrogens (tertiary/aromatic N) is 2. The average molecular weight is 465 g/mol. The summed E-state index contributed by atoms with van der Waals surface area (Å²) >= 11 is 6.10. The number of ketones is 1. The molecule has 168 valence electrons. The van der Waals surface area contributed by atoms with Gasteiger partial charge in [0.1, 0.15) is 17.3 Å². The molecule has 1 amide bonds. The maximum Gasteiger partial charge on any atom is 0.295 e. The third kappa shape index (κ3) is 4.27. The Hall–Kier alpha value is -3.84. The molecular formula is C25H21ClN2O5. The molecule has 3 aromatic rings.